The molecule has 8 heteroatoms. The summed E-state index contributed by atoms with van der Waals surface area (Å²) >= 11 is 0. The van der Waals surface area contributed by atoms with Crippen LogP contribution in [0.5, 0.6) is 0 Å². The van der Waals surface area contributed by atoms with Gasteiger partial charge in [-0.25, -0.2) is 0 Å². The van der Waals surface area contributed by atoms with Gasteiger partial charge in [0.05, 0.1) is 23.4 Å². The number of piperazine rings is 1. The van der Waals surface area contributed by atoms with E-state index in [4.69, 9.17) is 4.74 Å². The van der Waals surface area contributed by atoms with E-state index in [1.165, 1.54) is 4.90 Å². The third-order valence-electron chi connectivity index (χ3n) is 6.18. The Hall–Kier alpha value is -3.26. The Balaban J connectivity index is 1.32. The van der Waals surface area contributed by atoms with Crippen LogP contribution in [-0.4, -0.2) is 71.4 Å². The molecule has 0 saturated carbocycles. The molecule has 1 aromatic heterocycles. The molecule has 2 saturated heterocycles. The van der Waals surface area contributed by atoms with Gasteiger partial charge in [0.2, 0.25) is 0 Å². The van der Waals surface area contributed by atoms with Gasteiger partial charge in [-0.2, -0.15) is 0 Å². The fourth-order valence-electron chi connectivity index (χ4n) is 4.54. The smallest absolute Gasteiger partial charge is 0.263 e. The van der Waals surface area contributed by atoms with Crippen molar-refractivity contribution in [1.82, 2.24) is 14.8 Å². The first-order valence-electron chi connectivity index (χ1n) is 10.7. The number of pyridine rings is 1. The van der Waals surface area contributed by atoms with Gasteiger partial charge in [-0.05, 0) is 36.6 Å². The van der Waals surface area contributed by atoms with Crippen molar-refractivity contribution in [3.05, 3.63) is 59.4 Å². The molecule has 4 heterocycles. The van der Waals surface area contributed by atoms with Crippen LogP contribution in [0.15, 0.2) is 42.7 Å². The molecule has 160 valence electrons. The lowest BCUT2D eigenvalue weighted by molar-refractivity contribution is -0.141. The molecule has 3 aliphatic heterocycles. The molecule has 2 aromatic rings. The summed E-state index contributed by atoms with van der Waals surface area (Å²) in [4.78, 5) is 48.0. The van der Waals surface area contributed by atoms with Crippen LogP contribution in [0.2, 0.25) is 0 Å². The van der Waals surface area contributed by atoms with Gasteiger partial charge in [0.25, 0.3) is 17.7 Å². The summed E-state index contributed by atoms with van der Waals surface area (Å²) in [7, 11) is 0. The van der Waals surface area contributed by atoms with Crippen LogP contribution in [0.3, 0.4) is 0 Å². The first kappa shape index (κ1) is 19.7. The molecule has 0 spiro atoms. The number of amides is 3. The van der Waals surface area contributed by atoms with E-state index >= 15 is 0 Å². The largest absolute Gasteiger partial charge is 0.368 e. The standard InChI is InChI=1S/C23H24N4O4/c28-21-17-5-1-6-18(20(17)23(30)27(21)15-16-4-2-8-24-14-16)25-9-11-26(12-10-25)22(29)19-7-3-13-31-19/h1-2,4-6,8,14,19H,3,7,9-13,15H2/t19-/m1/s1. The van der Waals surface area contributed by atoms with E-state index in [0.717, 1.165) is 24.1 Å². The van der Waals surface area contributed by atoms with Crippen LogP contribution in [0.1, 0.15) is 39.1 Å². The zero-order valence-electron chi connectivity index (χ0n) is 17.2. The van der Waals surface area contributed by atoms with Crippen molar-refractivity contribution in [3.63, 3.8) is 0 Å². The highest BCUT2D eigenvalue weighted by molar-refractivity contribution is 6.23. The molecule has 1 aromatic carbocycles. The van der Waals surface area contributed by atoms with E-state index in [2.05, 4.69) is 9.88 Å². The zero-order valence-corrected chi connectivity index (χ0v) is 17.2. The van der Waals surface area contributed by atoms with Gasteiger partial charge < -0.3 is 14.5 Å². The van der Waals surface area contributed by atoms with Gasteiger partial charge in [0.15, 0.2) is 0 Å². The molecular formula is C23H24N4O4. The first-order valence-corrected chi connectivity index (χ1v) is 10.7. The first-order chi connectivity index (χ1) is 15.1. The number of hydrogen-bond acceptors (Lipinski definition) is 6. The van der Waals surface area contributed by atoms with E-state index in [-0.39, 0.29) is 30.4 Å². The second-order valence-corrected chi connectivity index (χ2v) is 8.07. The van der Waals surface area contributed by atoms with Crippen molar-refractivity contribution in [2.24, 2.45) is 0 Å². The number of imide groups is 1. The van der Waals surface area contributed by atoms with Crippen LogP contribution in [-0.2, 0) is 16.1 Å². The number of fused-ring (bicyclic) bond motifs is 1. The number of aromatic nitrogens is 1. The van der Waals surface area contributed by atoms with Gasteiger partial charge in [-0.15, -0.1) is 0 Å². The summed E-state index contributed by atoms with van der Waals surface area (Å²) in [6.07, 6.45) is 4.72. The summed E-state index contributed by atoms with van der Waals surface area (Å²) in [6.45, 7) is 3.22. The highest BCUT2D eigenvalue weighted by Gasteiger charge is 2.39. The number of anilines is 1. The Morgan fingerprint density at radius 1 is 1.06 bits per heavy atom. The fraction of sp³-hybridized carbons (Fsp3) is 0.391. The second kappa shape index (κ2) is 8.11. The summed E-state index contributed by atoms with van der Waals surface area (Å²) in [5.74, 6) is -0.500. The van der Waals surface area contributed by atoms with Crippen molar-refractivity contribution in [2.75, 3.05) is 37.7 Å². The SMILES string of the molecule is O=C([C@H]1CCCO1)N1CCN(c2cccc3c2C(=O)N(Cc2cccnc2)C3=O)CC1. The third kappa shape index (κ3) is 3.57. The minimum absolute atomic E-state index is 0.0596. The Morgan fingerprint density at radius 2 is 1.90 bits per heavy atom. The Labute approximate surface area is 180 Å². The quantitative estimate of drug-likeness (QED) is 0.701. The number of hydrogen-bond donors (Lipinski definition) is 0. The van der Waals surface area contributed by atoms with Crippen LogP contribution in [0.25, 0.3) is 0 Å². The average Bonchev–Trinajstić information content (AvgIpc) is 3.43. The monoisotopic (exact) mass is 420 g/mol. The predicted octanol–water partition coefficient (Wildman–Crippen LogP) is 1.71. The fourth-order valence-corrected chi connectivity index (χ4v) is 4.54. The predicted molar refractivity (Wildman–Crippen MR) is 113 cm³/mol. The summed E-state index contributed by atoms with van der Waals surface area (Å²) in [6, 6.07) is 9.05. The maximum absolute atomic E-state index is 13.2. The lowest BCUT2D eigenvalue weighted by atomic mass is 10.1. The van der Waals surface area contributed by atoms with Crippen LogP contribution in [0.4, 0.5) is 5.69 Å². The molecule has 0 N–H and O–H groups in total. The Kier molecular flexibility index (Phi) is 5.15. The van der Waals surface area contributed by atoms with E-state index in [0.29, 0.717) is 43.9 Å². The Bertz CT molecular complexity index is 1010. The number of carbonyl (C=O) groups is 3. The second-order valence-electron chi connectivity index (χ2n) is 8.07. The van der Waals surface area contributed by atoms with E-state index in [9.17, 15) is 14.4 Å². The molecule has 0 bridgehead atoms. The Morgan fingerprint density at radius 3 is 2.61 bits per heavy atom. The molecule has 0 aliphatic carbocycles. The summed E-state index contributed by atoms with van der Waals surface area (Å²) in [5.41, 5.74) is 2.45. The van der Waals surface area contributed by atoms with Crippen molar-refractivity contribution in [3.8, 4) is 0 Å². The lowest BCUT2D eigenvalue weighted by Gasteiger charge is -2.37. The van der Waals surface area contributed by atoms with Crippen LogP contribution in [0, 0.1) is 0 Å². The van der Waals surface area contributed by atoms with Gasteiger partial charge >= 0.3 is 0 Å². The average molecular weight is 420 g/mol. The number of nitrogens with zero attached hydrogens (tertiary/aromatic N) is 4. The number of rotatable bonds is 4. The molecule has 2 fully saturated rings. The van der Waals surface area contributed by atoms with Crippen LogP contribution >= 0.6 is 0 Å². The maximum Gasteiger partial charge on any atom is 0.263 e. The number of ether oxygens (including phenoxy) is 1. The molecule has 0 radical (unpaired) electrons. The number of carbonyl (C=O) groups excluding carboxylic acids is 3. The molecule has 0 unspecified atom stereocenters. The van der Waals surface area contributed by atoms with Crippen molar-refractivity contribution < 1.29 is 19.1 Å². The lowest BCUT2D eigenvalue weighted by Crippen LogP contribution is -2.51. The van der Waals surface area contributed by atoms with E-state index in [1.807, 2.05) is 23.1 Å². The normalized spacial score (nSPS) is 21.0. The van der Waals surface area contributed by atoms with Gasteiger partial charge in [0, 0.05) is 45.2 Å². The van der Waals surface area contributed by atoms with Crippen molar-refractivity contribution >= 4 is 23.4 Å². The highest BCUT2D eigenvalue weighted by Crippen LogP contribution is 2.33. The highest BCUT2D eigenvalue weighted by atomic mass is 16.5. The summed E-state index contributed by atoms with van der Waals surface area (Å²) in [5, 5.41) is 0. The van der Waals surface area contributed by atoms with Crippen molar-refractivity contribution in [2.45, 2.75) is 25.5 Å². The molecule has 1 atom stereocenters. The van der Waals surface area contributed by atoms with Crippen LogP contribution < -0.4 is 4.90 Å². The van der Waals surface area contributed by atoms with E-state index in [1.54, 1.807) is 24.5 Å². The number of benzene rings is 1. The molecule has 31 heavy (non-hydrogen) atoms. The van der Waals surface area contributed by atoms with Gasteiger partial charge in [-0.3, -0.25) is 24.3 Å². The zero-order chi connectivity index (χ0) is 21.4. The molecule has 5 rings (SSSR count). The van der Waals surface area contributed by atoms with E-state index < -0.39 is 0 Å². The third-order valence-corrected chi connectivity index (χ3v) is 6.18. The molecule has 8 nitrogen and oxygen atoms in total. The molecule has 3 amide bonds. The minimum Gasteiger partial charge on any atom is -0.368 e. The maximum atomic E-state index is 13.2. The molecular weight excluding hydrogens is 396 g/mol. The minimum atomic E-state index is -0.312. The van der Waals surface area contributed by atoms with Crippen molar-refractivity contribution in [1.29, 1.82) is 0 Å². The molecule has 3 aliphatic rings. The summed E-state index contributed by atoms with van der Waals surface area (Å²) < 4.78 is 5.53. The van der Waals surface area contributed by atoms with Gasteiger partial charge in [-0.1, -0.05) is 12.1 Å². The topological polar surface area (TPSA) is 83.1 Å². The van der Waals surface area contributed by atoms with Gasteiger partial charge in [0.1, 0.15) is 6.10 Å².